The van der Waals surface area contributed by atoms with E-state index in [0.29, 0.717) is 19.1 Å². The molecule has 1 N–H and O–H groups in total. The van der Waals surface area contributed by atoms with Gasteiger partial charge in [-0.25, -0.2) is 0 Å². The van der Waals surface area contributed by atoms with Gasteiger partial charge in [0, 0.05) is 7.11 Å². The number of hydrogen-bond acceptors (Lipinski definition) is 3. The average Bonchev–Trinajstić information content (AvgIpc) is 2.02. The highest BCUT2D eigenvalue weighted by Crippen LogP contribution is 2.11. The van der Waals surface area contributed by atoms with Gasteiger partial charge in [0.15, 0.2) is 0 Å². The molecule has 0 aliphatic rings. The SMILES string of the molecule is COCCOC(CC(=O)O)CC(C)C. The molecule has 14 heavy (non-hydrogen) atoms. The van der Waals surface area contributed by atoms with Crippen LogP contribution in [0.4, 0.5) is 0 Å². The normalized spacial score (nSPS) is 13.1. The number of aliphatic carboxylic acids is 1. The van der Waals surface area contributed by atoms with E-state index in [9.17, 15) is 4.79 Å². The minimum absolute atomic E-state index is 0.0713. The molecule has 0 aliphatic carbocycles. The molecule has 0 aromatic rings. The van der Waals surface area contributed by atoms with Crippen LogP contribution in [-0.2, 0) is 14.3 Å². The molecule has 0 spiro atoms. The lowest BCUT2D eigenvalue weighted by Gasteiger charge is -2.17. The topological polar surface area (TPSA) is 55.8 Å². The third kappa shape index (κ3) is 8.01. The van der Waals surface area contributed by atoms with Crippen LogP contribution in [0.3, 0.4) is 0 Å². The predicted molar refractivity (Wildman–Crippen MR) is 53.3 cm³/mol. The lowest BCUT2D eigenvalue weighted by molar-refractivity contribution is -0.140. The highest BCUT2D eigenvalue weighted by Gasteiger charge is 2.14. The molecule has 4 nitrogen and oxygen atoms in total. The minimum Gasteiger partial charge on any atom is -0.481 e. The molecule has 0 aliphatic heterocycles. The molecule has 1 atom stereocenters. The Kier molecular flexibility index (Phi) is 7.42. The fourth-order valence-corrected chi connectivity index (χ4v) is 1.23. The van der Waals surface area contributed by atoms with Crippen molar-refractivity contribution in [2.45, 2.75) is 32.8 Å². The zero-order chi connectivity index (χ0) is 11.0. The van der Waals surface area contributed by atoms with E-state index >= 15 is 0 Å². The summed E-state index contributed by atoms with van der Waals surface area (Å²) in [6.07, 6.45) is 0.653. The number of carboxylic acids is 1. The second kappa shape index (κ2) is 7.76. The van der Waals surface area contributed by atoms with Crippen LogP contribution in [0.2, 0.25) is 0 Å². The molecule has 0 saturated carbocycles. The van der Waals surface area contributed by atoms with E-state index in [2.05, 4.69) is 13.8 Å². The first-order chi connectivity index (χ1) is 6.56. The van der Waals surface area contributed by atoms with Crippen molar-refractivity contribution >= 4 is 5.97 Å². The van der Waals surface area contributed by atoms with Crippen molar-refractivity contribution in [2.75, 3.05) is 20.3 Å². The number of rotatable bonds is 8. The van der Waals surface area contributed by atoms with Gasteiger partial charge >= 0.3 is 5.97 Å². The quantitative estimate of drug-likeness (QED) is 0.609. The molecule has 4 heteroatoms. The maximum absolute atomic E-state index is 10.5. The van der Waals surface area contributed by atoms with E-state index in [1.807, 2.05) is 0 Å². The van der Waals surface area contributed by atoms with Gasteiger partial charge < -0.3 is 14.6 Å². The fourth-order valence-electron chi connectivity index (χ4n) is 1.23. The lowest BCUT2D eigenvalue weighted by atomic mass is 10.0. The maximum atomic E-state index is 10.5. The zero-order valence-electron chi connectivity index (χ0n) is 9.16. The molecule has 1 unspecified atom stereocenters. The van der Waals surface area contributed by atoms with Gasteiger partial charge in [0.2, 0.25) is 0 Å². The first kappa shape index (κ1) is 13.4. The van der Waals surface area contributed by atoms with Crippen LogP contribution in [0.25, 0.3) is 0 Å². The van der Waals surface area contributed by atoms with Crippen molar-refractivity contribution in [3.8, 4) is 0 Å². The highest BCUT2D eigenvalue weighted by atomic mass is 16.5. The molecule has 0 radical (unpaired) electrons. The second-order valence-corrected chi connectivity index (χ2v) is 3.71. The number of carbonyl (C=O) groups is 1. The summed E-state index contributed by atoms with van der Waals surface area (Å²) in [5.41, 5.74) is 0. The molecule has 0 amide bonds. The summed E-state index contributed by atoms with van der Waals surface area (Å²) >= 11 is 0. The van der Waals surface area contributed by atoms with Gasteiger partial charge in [0.1, 0.15) is 0 Å². The van der Waals surface area contributed by atoms with Crippen molar-refractivity contribution in [1.29, 1.82) is 0 Å². The van der Waals surface area contributed by atoms with Crippen LogP contribution in [-0.4, -0.2) is 37.5 Å². The summed E-state index contributed by atoms with van der Waals surface area (Å²) in [6, 6.07) is 0. The predicted octanol–water partition coefficient (Wildman–Crippen LogP) is 1.54. The number of ether oxygens (including phenoxy) is 2. The first-order valence-corrected chi connectivity index (χ1v) is 4.88. The van der Waals surface area contributed by atoms with Crippen molar-refractivity contribution in [3.05, 3.63) is 0 Å². The van der Waals surface area contributed by atoms with E-state index in [1.54, 1.807) is 7.11 Å². The van der Waals surface area contributed by atoms with E-state index in [0.717, 1.165) is 6.42 Å². The molecule has 84 valence electrons. The Bertz CT molecular complexity index is 156. The molecule has 0 aromatic heterocycles. The maximum Gasteiger partial charge on any atom is 0.305 e. The number of hydrogen-bond donors (Lipinski definition) is 1. The Morgan fingerprint density at radius 1 is 1.36 bits per heavy atom. The van der Waals surface area contributed by atoms with Gasteiger partial charge in [0.25, 0.3) is 0 Å². The summed E-state index contributed by atoms with van der Waals surface area (Å²) in [6.45, 7) is 5.07. The third-order valence-corrected chi connectivity index (χ3v) is 1.78. The number of methoxy groups -OCH3 is 1. The van der Waals surface area contributed by atoms with E-state index in [-0.39, 0.29) is 12.5 Å². The molecule has 0 rings (SSSR count). The Labute approximate surface area is 85.2 Å². The Morgan fingerprint density at radius 3 is 2.43 bits per heavy atom. The smallest absolute Gasteiger partial charge is 0.305 e. The average molecular weight is 204 g/mol. The summed E-state index contributed by atoms with van der Waals surface area (Å²) < 4.78 is 10.2. The molecule has 0 fully saturated rings. The standard InChI is InChI=1S/C10H20O4/c1-8(2)6-9(7-10(11)12)14-5-4-13-3/h8-9H,4-7H2,1-3H3,(H,11,12). The van der Waals surface area contributed by atoms with Gasteiger partial charge in [0.05, 0.1) is 25.7 Å². The number of carboxylic acid groups (broad SMARTS) is 1. The van der Waals surface area contributed by atoms with Crippen molar-refractivity contribution in [2.24, 2.45) is 5.92 Å². The monoisotopic (exact) mass is 204 g/mol. The third-order valence-electron chi connectivity index (χ3n) is 1.78. The summed E-state index contributed by atoms with van der Waals surface area (Å²) in [5.74, 6) is -0.366. The molecular weight excluding hydrogens is 184 g/mol. The van der Waals surface area contributed by atoms with Gasteiger partial charge in [-0.05, 0) is 12.3 Å². The lowest BCUT2D eigenvalue weighted by Crippen LogP contribution is -2.21. The van der Waals surface area contributed by atoms with Gasteiger partial charge in [-0.1, -0.05) is 13.8 Å². The van der Waals surface area contributed by atoms with Crippen LogP contribution < -0.4 is 0 Å². The van der Waals surface area contributed by atoms with Crippen LogP contribution in [0.1, 0.15) is 26.7 Å². The van der Waals surface area contributed by atoms with Crippen LogP contribution in [0.5, 0.6) is 0 Å². The van der Waals surface area contributed by atoms with Crippen molar-refractivity contribution in [1.82, 2.24) is 0 Å². The molecule has 0 aromatic carbocycles. The van der Waals surface area contributed by atoms with E-state index in [4.69, 9.17) is 14.6 Å². The highest BCUT2D eigenvalue weighted by molar-refractivity contribution is 5.67. The zero-order valence-corrected chi connectivity index (χ0v) is 9.16. The van der Waals surface area contributed by atoms with E-state index < -0.39 is 5.97 Å². The van der Waals surface area contributed by atoms with Crippen LogP contribution in [0.15, 0.2) is 0 Å². The van der Waals surface area contributed by atoms with Gasteiger partial charge in [-0.2, -0.15) is 0 Å². The Hall–Kier alpha value is -0.610. The first-order valence-electron chi connectivity index (χ1n) is 4.88. The largest absolute Gasteiger partial charge is 0.481 e. The molecule has 0 saturated heterocycles. The molecular formula is C10H20O4. The second-order valence-electron chi connectivity index (χ2n) is 3.71. The minimum atomic E-state index is -0.812. The van der Waals surface area contributed by atoms with E-state index in [1.165, 1.54) is 0 Å². The Morgan fingerprint density at radius 2 is 2.00 bits per heavy atom. The fraction of sp³-hybridized carbons (Fsp3) is 0.900. The summed E-state index contributed by atoms with van der Waals surface area (Å²) in [7, 11) is 1.60. The van der Waals surface area contributed by atoms with Crippen LogP contribution >= 0.6 is 0 Å². The molecule has 0 heterocycles. The summed E-state index contributed by atoms with van der Waals surface area (Å²) in [5, 5.41) is 8.64. The van der Waals surface area contributed by atoms with Crippen molar-refractivity contribution < 1.29 is 19.4 Å². The summed E-state index contributed by atoms with van der Waals surface area (Å²) in [4.78, 5) is 10.5. The Balaban J connectivity index is 3.78. The van der Waals surface area contributed by atoms with Crippen molar-refractivity contribution in [3.63, 3.8) is 0 Å². The van der Waals surface area contributed by atoms with Gasteiger partial charge in [-0.15, -0.1) is 0 Å². The van der Waals surface area contributed by atoms with Gasteiger partial charge in [-0.3, -0.25) is 4.79 Å². The van der Waals surface area contributed by atoms with Crippen LogP contribution in [0, 0.1) is 5.92 Å². The molecule has 0 bridgehead atoms.